The van der Waals surface area contributed by atoms with E-state index in [1.807, 2.05) is 54.6 Å². The Balaban J connectivity index is 1.70. The van der Waals surface area contributed by atoms with Crippen LogP contribution in [0.4, 0.5) is 11.4 Å². The van der Waals surface area contributed by atoms with Crippen LogP contribution in [0.15, 0.2) is 91.0 Å². The summed E-state index contributed by atoms with van der Waals surface area (Å²) < 4.78 is 25.8. The van der Waals surface area contributed by atoms with Gasteiger partial charge >= 0.3 is 5.97 Å². The fraction of sp³-hybridized carbons (Fsp3) is 0.0800. The molecule has 4 rings (SSSR count). The number of para-hydroxylation sites is 1. The number of aromatic carboxylic acids is 1. The Hall–Kier alpha value is -3.48. The fourth-order valence-electron chi connectivity index (χ4n) is 3.75. The van der Waals surface area contributed by atoms with E-state index in [1.54, 1.807) is 36.4 Å². The highest BCUT2D eigenvalue weighted by atomic mass is 32.2. The van der Waals surface area contributed by atoms with E-state index in [-0.39, 0.29) is 5.56 Å². The molecule has 0 saturated heterocycles. The molecule has 0 aliphatic rings. The average Bonchev–Trinajstić information content (AvgIpc) is 2.78. The Bertz CT molecular complexity index is 1270. The molecular formula is C25H20NO4S-. The van der Waals surface area contributed by atoms with E-state index >= 15 is 0 Å². The molecule has 0 radical (unpaired) electrons. The van der Waals surface area contributed by atoms with Crippen molar-refractivity contribution in [3.05, 3.63) is 108 Å². The highest BCUT2D eigenvalue weighted by Crippen LogP contribution is 2.32. The van der Waals surface area contributed by atoms with Gasteiger partial charge in [-0.3, -0.25) is 8.51 Å². The van der Waals surface area contributed by atoms with Crippen LogP contribution in [0.3, 0.4) is 0 Å². The maximum Gasteiger partial charge on any atom is 0.335 e. The van der Waals surface area contributed by atoms with Crippen LogP contribution in [-0.2, 0) is 24.1 Å². The minimum atomic E-state index is -2.53. The summed E-state index contributed by atoms with van der Waals surface area (Å²) in [5.41, 5.74) is 2.90. The molecule has 1 N–H and O–H groups in total. The molecule has 0 saturated carbocycles. The standard InChI is InChI=1S/C25H21NO4S/c27-25(28)23-11-5-3-8-19(23)13-14-20-9-4-6-12-24(20)26(31(29)30)22-16-15-18-7-1-2-10-21(18)17-22/h1-12,15-17H,13-14H2,(H,27,28)(H,29,30)/p-1. The molecule has 1 atom stereocenters. The van der Waals surface area contributed by atoms with Gasteiger partial charge in [0.2, 0.25) is 0 Å². The monoisotopic (exact) mass is 430 g/mol. The lowest BCUT2D eigenvalue weighted by Crippen LogP contribution is -2.21. The molecule has 0 aliphatic carbocycles. The first kappa shape index (κ1) is 20.8. The number of hydrogen-bond donors (Lipinski definition) is 1. The largest absolute Gasteiger partial charge is 0.755 e. The molecule has 4 aromatic carbocycles. The fourth-order valence-corrected chi connectivity index (χ4v) is 4.37. The Labute approximate surface area is 183 Å². The third kappa shape index (κ3) is 4.50. The van der Waals surface area contributed by atoms with Gasteiger partial charge in [-0.25, -0.2) is 4.79 Å². The van der Waals surface area contributed by atoms with Gasteiger partial charge < -0.3 is 9.66 Å². The third-order valence-electron chi connectivity index (χ3n) is 5.24. The molecule has 0 amide bonds. The quantitative estimate of drug-likeness (QED) is 0.406. The summed E-state index contributed by atoms with van der Waals surface area (Å²) in [6.07, 6.45) is 0.984. The Morgan fingerprint density at radius 2 is 1.42 bits per heavy atom. The van der Waals surface area contributed by atoms with Gasteiger partial charge in [0.1, 0.15) is 0 Å². The summed E-state index contributed by atoms with van der Waals surface area (Å²) in [6, 6.07) is 27.5. The molecule has 0 heterocycles. The van der Waals surface area contributed by atoms with E-state index in [0.29, 0.717) is 29.8 Å². The molecule has 31 heavy (non-hydrogen) atoms. The minimum absolute atomic E-state index is 0.263. The summed E-state index contributed by atoms with van der Waals surface area (Å²) in [6.45, 7) is 0. The molecule has 4 aromatic rings. The van der Waals surface area contributed by atoms with E-state index in [1.165, 1.54) is 4.31 Å². The van der Waals surface area contributed by atoms with Crippen molar-refractivity contribution in [1.29, 1.82) is 0 Å². The number of carbonyl (C=O) groups is 1. The average molecular weight is 431 g/mol. The smallest absolute Gasteiger partial charge is 0.335 e. The maximum absolute atomic E-state index is 12.3. The number of hydrogen-bond acceptors (Lipinski definition) is 3. The van der Waals surface area contributed by atoms with Crippen LogP contribution in [0.1, 0.15) is 21.5 Å². The molecule has 156 valence electrons. The molecule has 0 spiro atoms. The molecule has 1 unspecified atom stereocenters. The maximum atomic E-state index is 12.3. The van der Waals surface area contributed by atoms with Crippen LogP contribution in [0.25, 0.3) is 10.8 Å². The van der Waals surface area contributed by atoms with Crippen LogP contribution >= 0.6 is 0 Å². The number of nitrogens with zero attached hydrogens (tertiary/aromatic N) is 1. The zero-order valence-corrected chi connectivity index (χ0v) is 17.4. The van der Waals surface area contributed by atoms with E-state index in [2.05, 4.69) is 0 Å². The topological polar surface area (TPSA) is 80.7 Å². The first-order valence-electron chi connectivity index (χ1n) is 9.82. The summed E-state index contributed by atoms with van der Waals surface area (Å²) in [7, 11) is 0. The number of carboxylic acids is 1. The lowest BCUT2D eigenvalue weighted by Gasteiger charge is -2.29. The van der Waals surface area contributed by atoms with Crippen molar-refractivity contribution in [2.75, 3.05) is 4.31 Å². The van der Waals surface area contributed by atoms with Gasteiger partial charge in [0, 0.05) is 0 Å². The molecule has 0 aromatic heterocycles. The van der Waals surface area contributed by atoms with E-state index < -0.39 is 17.2 Å². The summed E-state index contributed by atoms with van der Waals surface area (Å²) in [5, 5.41) is 11.4. The Morgan fingerprint density at radius 1 is 0.806 bits per heavy atom. The normalized spacial score (nSPS) is 11.9. The summed E-state index contributed by atoms with van der Waals surface area (Å²) >= 11 is -2.53. The Morgan fingerprint density at radius 3 is 2.16 bits per heavy atom. The van der Waals surface area contributed by atoms with E-state index in [0.717, 1.165) is 16.3 Å². The lowest BCUT2D eigenvalue weighted by atomic mass is 9.99. The second-order valence-electron chi connectivity index (χ2n) is 7.13. The van der Waals surface area contributed by atoms with Crippen LogP contribution in [0.2, 0.25) is 0 Å². The number of carboxylic acid groups (broad SMARTS) is 1. The predicted molar refractivity (Wildman–Crippen MR) is 122 cm³/mol. The first-order valence-corrected chi connectivity index (χ1v) is 10.8. The number of rotatable bonds is 7. The second kappa shape index (κ2) is 9.12. The molecule has 6 heteroatoms. The van der Waals surface area contributed by atoms with Gasteiger partial charge in [-0.2, -0.15) is 0 Å². The molecule has 5 nitrogen and oxygen atoms in total. The molecular weight excluding hydrogens is 410 g/mol. The van der Waals surface area contributed by atoms with Gasteiger partial charge in [-0.1, -0.05) is 66.7 Å². The van der Waals surface area contributed by atoms with Crippen molar-refractivity contribution in [3.8, 4) is 0 Å². The van der Waals surface area contributed by atoms with Crippen molar-refractivity contribution in [3.63, 3.8) is 0 Å². The van der Waals surface area contributed by atoms with Crippen LogP contribution < -0.4 is 4.31 Å². The van der Waals surface area contributed by atoms with Crippen molar-refractivity contribution in [2.45, 2.75) is 12.8 Å². The molecule has 0 fully saturated rings. The minimum Gasteiger partial charge on any atom is -0.755 e. The number of anilines is 2. The molecule has 0 aliphatic heterocycles. The van der Waals surface area contributed by atoms with Crippen molar-refractivity contribution < 1.29 is 18.7 Å². The van der Waals surface area contributed by atoms with Crippen molar-refractivity contribution in [1.82, 2.24) is 0 Å². The van der Waals surface area contributed by atoms with Crippen LogP contribution in [0, 0.1) is 0 Å². The number of benzene rings is 4. The van der Waals surface area contributed by atoms with Gasteiger partial charge in [0.15, 0.2) is 0 Å². The molecule has 0 bridgehead atoms. The van der Waals surface area contributed by atoms with E-state index in [4.69, 9.17) is 0 Å². The highest BCUT2D eigenvalue weighted by molar-refractivity contribution is 7.81. The van der Waals surface area contributed by atoms with Gasteiger partial charge in [0.25, 0.3) is 0 Å². The summed E-state index contributed by atoms with van der Waals surface area (Å²) in [5.74, 6) is -0.970. The summed E-state index contributed by atoms with van der Waals surface area (Å²) in [4.78, 5) is 11.5. The Kier molecular flexibility index (Phi) is 6.11. The third-order valence-corrected chi connectivity index (χ3v) is 5.94. The number of aryl methyl sites for hydroxylation is 2. The van der Waals surface area contributed by atoms with Crippen molar-refractivity contribution in [2.24, 2.45) is 0 Å². The van der Waals surface area contributed by atoms with Gasteiger partial charge in [-0.15, -0.1) is 0 Å². The van der Waals surface area contributed by atoms with Crippen molar-refractivity contribution >= 4 is 39.4 Å². The van der Waals surface area contributed by atoms with Crippen LogP contribution in [-0.4, -0.2) is 19.8 Å². The van der Waals surface area contributed by atoms with Crippen LogP contribution in [0.5, 0.6) is 0 Å². The lowest BCUT2D eigenvalue weighted by molar-refractivity contribution is 0.0695. The second-order valence-corrected chi connectivity index (χ2v) is 7.93. The van der Waals surface area contributed by atoms with Gasteiger partial charge in [-0.05, 0) is 59.0 Å². The highest BCUT2D eigenvalue weighted by Gasteiger charge is 2.16. The first-order chi connectivity index (χ1) is 15.0. The predicted octanol–water partition coefficient (Wildman–Crippen LogP) is 5.26. The van der Waals surface area contributed by atoms with E-state index in [9.17, 15) is 18.7 Å². The SMILES string of the molecule is O=C(O)c1ccccc1CCc1ccccc1N(c1ccc2ccccc2c1)S(=O)[O-]. The zero-order valence-electron chi connectivity index (χ0n) is 16.6. The zero-order chi connectivity index (χ0) is 21.8. The van der Waals surface area contributed by atoms with Gasteiger partial charge in [0.05, 0.1) is 28.2 Å². The number of fused-ring (bicyclic) bond motifs is 1.